The highest BCUT2D eigenvalue weighted by Gasteiger charge is 2.15. The maximum absolute atomic E-state index is 11.6. The van der Waals surface area contributed by atoms with Crippen LogP contribution in [0.2, 0.25) is 0 Å². The summed E-state index contributed by atoms with van der Waals surface area (Å²) in [6.45, 7) is 1.51. The number of hydrogen-bond donors (Lipinski definition) is 2. The number of aryl methyl sites for hydroxylation is 1. The van der Waals surface area contributed by atoms with Crippen LogP contribution >= 0.6 is 0 Å². The largest absolute Gasteiger partial charge is 0.422 e. The summed E-state index contributed by atoms with van der Waals surface area (Å²) < 4.78 is 5.41. The minimum atomic E-state index is -0.287. The molecule has 4 heteroatoms. The molecule has 3 rings (SSSR count). The second-order valence-electron chi connectivity index (χ2n) is 4.63. The smallest absolute Gasteiger partial charge is 0.336 e. The van der Waals surface area contributed by atoms with E-state index in [4.69, 9.17) is 10.2 Å². The molecular formula is C14H16N2O2. The minimum absolute atomic E-state index is 0.287. The van der Waals surface area contributed by atoms with E-state index in [1.54, 1.807) is 6.07 Å². The summed E-state index contributed by atoms with van der Waals surface area (Å²) in [4.78, 5) is 11.6. The van der Waals surface area contributed by atoms with Crippen molar-refractivity contribution in [2.45, 2.75) is 19.3 Å². The number of hydrogen-bond acceptors (Lipinski definition) is 4. The normalized spacial score (nSPS) is 14.3. The first-order valence-electron chi connectivity index (χ1n) is 6.32. The number of fused-ring (bicyclic) bond motifs is 3. The third-order valence-electron chi connectivity index (χ3n) is 3.43. The van der Waals surface area contributed by atoms with Gasteiger partial charge in [0, 0.05) is 29.2 Å². The average molecular weight is 244 g/mol. The Kier molecular flexibility index (Phi) is 2.80. The molecule has 0 saturated heterocycles. The molecule has 1 aromatic carbocycles. The maximum Gasteiger partial charge on any atom is 0.336 e. The molecule has 0 bridgehead atoms. The van der Waals surface area contributed by atoms with E-state index in [9.17, 15) is 4.79 Å². The molecule has 0 spiro atoms. The summed E-state index contributed by atoms with van der Waals surface area (Å²) in [7, 11) is 0. The van der Waals surface area contributed by atoms with E-state index >= 15 is 0 Å². The first kappa shape index (κ1) is 11.3. The minimum Gasteiger partial charge on any atom is -0.422 e. The van der Waals surface area contributed by atoms with Gasteiger partial charge in [-0.25, -0.2) is 4.79 Å². The van der Waals surface area contributed by atoms with Gasteiger partial charge in [-0.1, -0.05) is 0 Å². The van der Waals surface area contributed by atoms with Crippen molar-refractivity contribution in [1.29, 1.82) is 0 Å². The number of benzene rings is 1. The van der Waals surface area contributed by atoms with Crippen molar-refractivity contribution in [1.82, 2.24) is 0 Å². The Morgan fingerprint density at radius 2 is 2.28 bits per heavy atom. The van der Waals surface area contributed by atoms with Gasteiger partial charge in [0.2, 0.25) is 0 Å². The van der Waals surface area contributed by atoms with Crippen LogP contribution in [0.15, 0.2) is 27.4 Å². The predicted octanol–water partition coefficient (Wildman–Crippen LogP) is 1.65. The zero-order chi connectivity index (χ0) is 12.5. The second kappa shape index (κ2) is 4.46. The molecule has 3 N–H and O–H groups in total. The maximum atomic E-state index is 11.6. The lowest BCUT2D eigenvalue weighted by Crippen LogP contribution is -2.13. The van der Waals surface area contributed by atoms with Crippen molar-refractivity contribution in [2.75, 3.05) is 18.4 Å². The van der Waals surface area contributed by atoms with Crippen LogP contribution in [-0.4, -0.2) is 13.1 Å². The molecule has 18 heavy (non-hydrogen) atoms. The lowest BCUT2D eigenvalue weighted by atomic mass is 9.98. The van der Waals surface area contributed by atoms with Crippen LogP contribution in [0.1, 0.15) is 17.5 Å². The summed E-state index contributed by atoms with van der Waals surface area (Å²) in [5.74, 6) is 0. The van der Waals surface area contributed by atoms with Crippen LogP contribution in [0.3, 0.4) is 0 Å². The van der Waals surface area contributed by atoms with Gasteiger partial charge < -0.3 is 15.5 Å². The monoisotopic (exact) mass is 244 g/mol. The highest BCUT2D eigenvalue weighted by atomic mass is 16.4. The number of anilines is 1. The predicted molar refractivity (Wildman–Crippen MR) is 72.1 cm³/mol. The van der Waals surface area contributed by atoms with Crippen LogP contribution in [0.25, 0.3) is 11.0 Å². The standard InChI is InChI=1S/C14H16N2O2/c15-6-5-9-8-13(17)18-14-10(9)3-4-12-11(14)2-1-7-16-12/h3-4,8,16H,1-2,5-7,15H2. The highest BCUT2D eigenvalue weighted by Crippen LogP contribution is 2.30. The number of rotatable bonds is 2. The Labute approximate surface area is 105 Å². The van der Waals surface area contributed by atoms with Gasteiger partial charge in [0.15, 0.2) is 0 Å². The Morgan fingerprint density at radius 3 is 3.11 bits per heavy atom. The first-order valence-corrected chi connectivity index (χ1v) is 6.32. The molecule has 1 aromatic heterocycles. The quantitative estimate of drug-likeness (QED) is 0.788. The van der Waals surface area contributed by atoms with Crippen LogP contribution in [-0.2, 0) is 12.8 Å². The fraction of sp³-hybridized carbons (Fsp3) is 0.357. The summed E-state index contributed by atoms with van der Waals surface area (Å²) in [5, 5.41) is 4.36. The van der Waals surface area contributed by atoms with Crippen molar-refractivity contribution in [3.63, 3.8) is 0 Å². The summed E-state index contributed by atoms with van der Waals surface area (Å²) in [6.07, 6.45) is 2.72. The molecule has 2 aromatic rings. The van der Waals surface area contributed by atoms with Gasteiger partial charge in [-0.2, -0.15) is 0 Å². The lowest BCUT2D eigenvalue weighted by molar-refractivity contribution is 0.553. The molecule has 0 aliphatic carbocycles. The van der Waals surface area contributed by atoms with Gasteiger partial charge in [-0.3, -0.25) is 0 Å². The molecule has 0 fully saturated rings. The molecular weight excluding hydrogens is 228 g/mol. The van der Waals surface area contributed by atoms with E-state index in [0.29, 0.717) is 13.0 Å². The number of nitrogens with two attached hydrogens (primary N) is 1. The van der Waals surface area contributed by atoms with Crippen LogP contribution < -0.4 is 16.7 Å². The summed E-state index contributed by atoms with van der Waals surface area (Å²) in [5.41, 5.74) is 9.23. The van der Waals surface area contributed by atoms with Gasteiger partial charge in [-0.15, -0.1) is 0 Å². The molecule has 0 atom stereocenters. The van der Waals surface area contributed by atoms with Gasteiger partial charge >= 0.3 is 5.63 Å². The highest BCUT2D eigenvalue weighted by molar-refractivity contribution is 5.88. The second-order valence-corrected chi connectivity index (χ2v) is 4.63. The molecule has 4 nitrogen and oxygen atoms in total. The van der Waals surface area contributed by atoms with Crippen molar-refractivity contribution in [2.24, 2.45) is 5.73 Å². The third-order valence-corrected chi connectivity index (χ3v) is 3.43. The van der Waals surface area contributed by atoms with E-state index in [0.717, 1.165) is 47.2 Å². The topological polar surface area (TPSA) is 68.3 Å². The summed E-state index contributed by atoms with van der Waals surface area (Å²) >= 11 is 0. The zero-order valence-electron chi connectivity index (χ0n) is 10.2. The third kappa shape index (κ3) is 1.78. The van der Waals surface area contributed by atoms with Gasteiger partial charge in [0.25, 0.3) is 0 Å². The zero-order valence-corrected chi connectivity index (χ0v) is 10.2. The van der Waals surface area contributed by atoms with Gasteiger partial charge in [0.1, 0.15) is 5.58 Å². The number of nitrogens with one attached hydrogen (secondary N) is 1. The molecule has 2 heterocycles. The molecule has 1 aliphatic rings. The van der Waals surface area contributed by atoms with E-state index in [1.165, 1.54) is 0 Å². The average Bonchev–Trinajstić information content (AvgIpc) is 2.39. The van der Waals surface area contributed by atoms with E-state index in [2.05, 4.69) is 11.4 Å². The van der Waals surface area contributed by atoms with Gasteiger partial charge in [0.05, 0.1) is 0 Å². The van der Waals surface area contributed by atoms with E-state index in [-0.39, 0.29) is 5.63 Å². The van der Waals surface area contributed by atoms with Crippen LogP contribution in [0.4, 0.5) is 5.69 Å². The lowest BCUT2D eigenvalue weighted by Gasteiger charge is -2.19. The summed E-state index contributed by atoms with van der Waals surface area (Å²) in [6, 6.07) is 5.63. The molecule has 1 aliphatic heterocycles. The Morgan fingerprint density at radius 1 is 1.39 bits per heavy atom. The van der Waals surface area contributed by atoms with Crippen molar-refractivity contribution < 1.29 is 4.42 Å². The Hall–Kier alpha value is -1.81. The van der Waals surface area contributed by atoms with E-state index in [1.807, 2.05) is 6.07 Å². The van der Waals surface area contributed by atoms with Crippen molar-refractivity contribution in [3.8, 4) is 0 Å². The van der Waals surface area contributed by atoms with Crippen molar-refractivity contribution in [3.05, 3.63) is 39.7 Å². The van der Waals surface area contributed by atoms with E-state index < -0.39 is 0 Å². The molecule has 0 saturated carbocycles. The molecule has 0 amide bonds. The van der Waals surface area contributed by atoms with Crippen LogP contribution in [0.5, 0.6) is 0 Å². The fourth-order valence-corrected chi connectivity index (χ4v) is 2.61. The van der Waals surface area contributed by atoms with Gasteiger partial charge in [-0.05, 0) is 43.5 Å². The molecule has 0 unspecified atom stereocenters. The van der Waals surface area contributed by atoms with Crippen molar-refractivity contribution >= 4 is 16.7 Å². The fourth-order valence-electron chi connectivity index (χ4n) is 2.61. The Balaban J connectivity index is 2.31. The Bertz CT molecular complexity index is 646. The molecule has 94 valence electrons. The first-order chi connectivity index (χ1) is 8.79. The molecule has 0 radical (unpaired) electrons. The SMILES string of the molecule is NCCc1cc(=O)oc2c3c(ccc12)NCCC3. The van der Waals surface area contributed by atoms with Crippen LogP contribution in [0, 0.1) is 0 Å².